The summed E-state index contributed by atoms with van der Waals surface area (Å²) in [5, 5.41) is 2.24. The van der Waals surface area contributed by atoms with Gasteiger partial charge in [0.05, 0.1) is 11.0 Å². The Bertz CT molecular complexity index is 2740. The Morgan fingerprint density at radius 3 is 1.33 bits per heavy atom. The maximum absolute atomic E-state index is 8.04. The standard InChI is InChI=1S/C51H39N3/c52-43(36-21-7-1-8-22-36)35-51(53,41-31-17-6-18-32-41)54-44-34-20-19-33-42(44)49-47(39-27-13-4-14-28-39)45(37-23-9-2-10-24-37)46(38-25-11-3-12-26-38)48(50(49)54)40-29-15-5-16-30-40/h1-35H,52-53H2/b43-35-. The van der Waals surface area contributed by atoms with Crippen molar-refractivity contribution in [2.75, 3.05) is 0 Å². The number of aromatic nitrogens is 1. The molecule has 0 saturated heterocycles. The van der Waals surface area contributed by atoms with Crippen LogP contribution in [0.5, 0.6) is 0 Å². The number of hydrogen-bond donors (Lipinski definition) is 2. The lowest BCUT2D eigenvalue weighted by Gasteiger charge is -2.33. The van der Waals surface area contributed by atoms with Crippen molar-refractivity contribution in [2.24, 2.45) is 11.5 Å². The van der Waals surface area contributed by atoms with E-state index >= 15 is 0 Å². The predicted octanol–water partition coefficient (Wildman–Crippen LogP) is 12.1. The van der Waals surface area contributed by atoms with Gasteiger partial charge in [0, 0.05) is 33.2 Å². The fraction of sp³-hybridized carbons (Fsp3) is 0.0196. The van der Waals surface area contributed by atoms with E-state index in [2.05, 4.69) is 162 Å². The monoisotopic (exact) mass is 693 g/mol. The fourth-order valence-electron chi connectivity index (χ4n) is 8.11. The van der Waals surface area contributed by atoms with Gasteiger partial charge in [-0.15, -0.1) is 0 Å². The molecule has 0 saturated carbocycles. The molecule has 3 nitrogen and oxygen atoms in total. The number of hydrogen-bond acceptors (Lipinski definition) is 2. The van der Waals surface area contributed by atoms with E-state index in [4.69, 9.17) is 11.5 Å². The molecule has 0 amide bonds. The van der Waals surface area contributed by atoms with Gasteiger partial charge in [-0.3, -0.25) is 0 Å². The zero-order valence-corrected chi connectivity index (χ0v) is 29.8. The van der Waals surface area contributed by atoms with E-state index in [0.29, 0.717) is 5.70 Å². The van der Waals surface area contributed by atoms with Crippen molar-refractivity contribution in [2.45, 2.75) is 5.66 Å². The number of nitrogens with two attached hydrogens (primary N) is 2. The molecule has 0 aliphatic rings. The van der Waals surface area contributed by atoms with Gasteiger partial charge < -0.3 is 16.0 Å². The second kappa shape index (κ2) is 13.9. The molecule has 8 aromatic carbocycles. The number of benzene rings is 8. The summed E-state index contributed by atoms with van der Waals surface area (Å²) in [7, 11) is 0. The van der Waals surface area contributed by atoms with E-state index in [9.17, 15) is 0 Å². The molecular weight excluding hydrogens is 655 g/mol. The van der Waals surface area contributed by atoms with Gasteiger partial charge in [0.25, 0.3) is 0 Å². The first-order valence-corrected chi connectivity index (χ1v) is 18.4. The number of rotatable bonds is 8. The lowest BCUT2D eigenvalue weighted by molar-refractivity contribution is 0.499. The summed E-state index contributed by atoms with van der Waals surface area (Å²) >= 11 is 0. The average molecular weight is 694 g/mol. The van der Waals surface area contributed by atoms with Gasteiger partial charge in [0.15, 0.2) is 0 Å². The first-order valence-electron chi connectivity index (χ1n) is 18.4. The number of fused-ring (bicyclic) bond motifs is 3. The molecule has 0 spiro atoms. The molecule has 258 valence electrons. The van der Waals surface area contributed by atoms with E-state index in [0.717, 1.165) is 71.9 Å². The minimum absolute atomic E-state index is 0.599. The quantitative estimate of drug-likeness (QED) is 0.166. The van der Waals surface area contributed by atoms with Crippen molar-refractivity contribution in [3.63, 3.8) is 0 Å². The maximum Gasteiger partial charge on any atom is 0.141 e. The van der Waals surface area contributed by atoms with Gasteiger partial charge in [-0.1, -0.05) is 200 Å². The largest absolute Gasteiger partial charge is 0.398 e. The molecule has 4 N–H and O–H groups in total. The highest BCUT2D eigenvalue weighted by atomic mass is 15.2. The van der Waals surface area contributed by atoms with Crippen molar-refractivity contribution in [1.29, 1.82) is 0 Å². The summed E-state index contributed by atoms with van der Waals surface area (Å²) in [6, 6.07) is 72.2. The van der Waals surface area contributed by atoms with Crippen molar-refractivity contribution in [1.82, 2.24) is 4.57 Å². The summed E-state index contributed by atoms with van der Waals surface area (Å²) in [5.74, 6) is 0. The summed E-state index contributed by atoms with van der Waals surface area (Å²) in [4.78, 5) is 0. The van der Waals surface area contributed by atoms with Crippen LogP contribution >= 0.6 is 0 Å². The molecule has 9 aromatic rings. The molecule has 1 heterocycles. The molecule has 0 bridgehead atoms. The predicted molar refractivity (Wildman–Crippen MR) is 227 cm³/mol. The van der Waals surface area contributed by atoms with Crippen LogP contribution in [0.3, 0.4) is 0 Å². The third-order valence-corrected chi connectivity index (χ3v) is 10.5. The zero-order valence-electron chi connectivity index (χ0n) is 29.8. The van der Waals surface area contributed by atoms with Crippen LogP contribution in [0.2, 0.25) is 0 Å². The Balaban J connectivity index is 1.59. The summed E-state index contributed by atoms with van der Waals surface area (Å²) in [5.41, 5.74) is 27.4. The highest BCUT2D eigenvalue weighted by Crippen LogP contribution is 2.54. The van der Waals surface area contributed by atoms with Gasteiger partial charge in [-0.05, 0) is 51.1 Å². The molecular formula is C51H39N3. The average Bonchev–Trinajstić information content (AvgIpc) is 3.60. The van der Waals surface area contributed by atoms with Crippen molar-refractivity contribution >= 4 is 27.5 Å². The Kier molecular flexibility index (Phi) is 8.47. The molecule has 54 heavy (non-hydrogen) atoms. The number of para-hydroxylation sites is 1. The van der Waals surface area contributed by atoms with Crippen LogP contribution < -0.4 is 11.5 Å². The van der Waals surface area contributed by atoms with Crippen LogP contribution in [0.15, 0.2) is 212 Å². The minimum atomic E-state index is -1.22. The lowest BCUT2D eigenvalue weighted by atomic mass is 9.80. The lowest BCUT2D eigenvalue weighted by Crippen LogP contribution is -2.43. The summed E-state index contributed by atoms with van der Waals surface area (Å²) < 4.78 is 2.35. The number of nitrogens with zero attached hydrogens (tertiary/aromatic N) is 1. The van der Waals surface area contributed by atoms with Gasteiger partial charge >= 0.3 is 0 Å². The Morgan fingerprint density at radius 2 is 0.815 bits per heavy atom. The van der Waals surface area contributed by atoms with E-state index in [1.54, 1.807) is 0 Å². The Labute approximate surface area is 316 Å². The topological polar surface area (TPSA) is 57.0 Å². The zero-order chi connectivity index (χ0) is 36.5. The van der Waals surface area contributed by atoms with Crippen LogP contribution in [-0.4, -0.2) is 4.57 Å². The molecule has 9 rings (SSSR count). The molecule has 3 heteroatoms. The van der Waals surface area contributed by atoms with E-state index in [-0.39, 0.29) is 0 Å². The molecule has 1 aromatic heterocycles. The second-order valence-electron chi connectivity index (χ2n) is 13.7. The van der Waals surface area contributed by atoms with E-state index in [1.807, 2.05) is 54.6 Å². The smallest absolute Gasteiger partial charge is 0.141 e. The molecule has 1 unspecified atom stereocenters. The third-order valence-electron chi connectivity index (χ3n) is 10.5. The Morgan fingerprint density at radius 1 is 0.426 bits per heavy atom. The normalized spacial score (nSPS) is 12.9. The molecule has 1 atom stereocenters. The molecule has 0 radical (unpaired) electrons. The van der Waals surface area contributed by atoms with Gasteiger partial charge in [0.1, 0.15) is 5.66 Å². The molecule has 0 aliphatic carbocycles. The van der Waals surface area contributed by atoms with Crippen LogP contribution in [0, 0.1) is 0 Å². The van der Waals surface area contributed by atoms with Crippen LogP contribution in [0.1, 0.15) is 11.1 Å². The van der Waals surface area contributed by atoms with Crippen molar-refractivity contribution in [3.8, 4) is 44.5 Å². The van der Waals surface area contributed by atoms with Crippen LogP contribution in [-0.2, 0) is 5.66 Å². The summed E-state index contributed by atoms with van der Waals surface area (Å²) in [6.45, 7) is 0. The molecule has 0 aliphatic heterocycles. The highest BCUT2D eigenvalue weighted by molar-refractivity contribution is 6.26. The summed E-state index contributed by atoms with van der Waals surface area (Å²) in [6.07, 6.45) is 2.04. The van der Waals surface area contributed by atoms with Gasteiger partial charge in [0.2, 0.25) is 0 Å². The second-order valence-corrected chi connectivity index (χ2v) is 13.7. The van der Waals surface area contributed by atoms with Gasteiger partial charge in [-0.25, -0.2) is 0 Å². The first kappa shape index (κ1) is 32.9. The van der Waals surface area contributed by atoms with E-state index in [1.165, 1.54) is 5.56 Å². The highest BCUT2D eigenvalue weighted by Gasteiger charge is 2.36. The SMILES string of the molecule is N/C(=C\C(N)(c1ccccc1)n1c2ccccc2c2c(-c3ccccc3)c(-c3ccccc3)c(-c3ccccc3)c(-c3ccccc3)c21)c1ccccc1. The third kappa shape index (κ3) is 5.59. The van der Waals surface area contributed by atoms with Crippen molar-refractivity contribution < 1.29 is 0 Å². The minimum Gasteiger partial charge on any atom is -0.398 e. The molecule has 0 fully saturated rings. The first-order chi connectivity index (χ1) is 26.6. The van der Waals surface area contributed by atoms with Crippen LogP contribution in [0.25, 0.3) is 72.0 Å². The van der Waals surface area contributed by atoms with Crippen LogP contribution in [0.4, 0.5) is 0 Å². The van der Waals surface area contributed by atoms with E-state index < -0.39 is 5.66 Å². The maximum atomic E-state index is 8.04. The van der Waals surface area contributed by atoms with Crippen molar-refractivity contribution in [3.05, 3.63) is 223 Å². The van der Waals surface area contributed by atoms with Gasteiger partial charge in [-0.2, -0.15) is 0 Å². The fourth-order valence-corrected chi connectivity index (χ4v) is 8.11. The Hall–Kier alpha value is -6.94.